The summed E-state index contributed by atoms with van der Waals surface area (Å²) in [4.78, 5) is 24.0. The molecule has 0 radical (unpaired) electrons. The number of thiazole rings is 1. The number of amides is 1. The van der Waals surface area contributed by atoms with Crippen LogP contribution in [0.15, 0.2) is 36.7 Å². The van der Waals surface area contributed by atoms with Crippen molar-refractivity contribution in [2.45, 2.75) is 32.4 Å². The van der Waals surface area contributed by atoms with Gasteiger partial charge >= 0.3 is 0 Å². The Morgan fingerprint density at radius 1 is 1.37 bits per heavy atom. The maximum atomic E-state index is 13.6. The van der Waals surface area contributed by atoms with Crippen LogP contribution in [0.4, 0.5) is 5.13 Å². The number of fused-ring (bicyclic) bond motifs is 1. The summed E-state index contributed by atoms with van der Waals surface area (Å²) in [6, 6.07) is 6.66. The van der Waals surface area contributed by atoms with Crippen molar-refractivity contribution in [1.82, 2.24) is 14.3 Å². The van der Waals surface area contributed by atoms with Crippen molar-refractivity contribution in [3.63, 3.8) is 0 Å². The number of benzene rings is 1. The van der Waals surface area contributed by atoms with Gasteiger partial charge in [-0.25, -0.2) is 13.4 Å². The zero-order valence-corrected chi connectivity index (χ0v) is 19.0. The molecule has 4 rings (SSSR count). The van der Waals surface area contributed by atoms with Crippen LogP contribution in [-0.4, -0.2) is 47.4 Å². The molecule has 10 heteroatoms. The SMILES string of the molecule is Cc1c(Cl)ccc2sc(N(Cc3cccnc3)C(=O)C3CCCN3S(C)(=O)=O)nc12. The topological polar surface area (TPSA) is 83.5 Å². The summed E-state index contributed by atoms with van der Waals surface area (Å²) in [5, 5.41) is 1.13. The zero-order valence-electron chi connectivity index (χ0n) is 16.6. The molecule has 1 aliphatic rings. The van der Waals surface area contributed by atoms with Crippen LogP contribution < -0.4 is 4.90 Å². The first-order valence-electron chi connectivity index (χ1n) is 9.48. The second-order valence-corrected chi connectivity index (χ2v) is 10.7. The first kappa shape index (κ1) is 21.2. The largest absolute Gasteiger partial charge is 0.282 e. The van der Waals surface area contributed by atoms with E-state index in [2.05, 4.69) is 4.98 Å². The third-order valence-electron chi connectivity index (χ3n) is 5.21. The van der Waals surface area contributed by atoms with Crippen LogP contribution in [0, 0.1) is 6.92 Å². The fourth-order valence-electron chi connectivity index (χ4n) is 3.68. The van der Waals surface area contributed by atoms with Gasteiger partial charge in [-0.1, -0.05) is 29.0 Å². The van der Waals surface area contributed by atoms with E-state index in [-0.39, 0.29) is 12.5 Å². The minimum absolute atomic E-state index is 0.257. The average molecular weight is 465 g/mol. The lowest BCUT2D eigenvalue weighted by molar-refractivity contribution is -0.121. The molecule has 2 aromatic heterocycles. The molecule has 1 aliphatic heterocycles. The van der Waals surface area contributed by atoms with Crippen LogP contribution in [-0.2, 0) is 21.4 Å². The van der Waals surface area contributed by atoms with Crippen molar-refractivity contribution in [3.05, 3.63) is 52.8 Å². The molecule has 0 bridgehead atoms. The Balaban J connectivity index is 1.77. The Kier molecular flexibility index (Phi) is 5.80. The number of hydrogen-bond acceptors (Lipinski definition) is 6. The van der Waals surface area contributed by atoms with Crippen LogP contribution in [0.3, 0.4) is 0 Å². The van der Waals surface area contributed by atoms with Gasteiger partial charge in [0.25, 0.3) is 0 Å². The molecule has 1 amide bonds. The van der Waals surface area contributed by atoms with Crippen molar-refractivity contribution in [2.24, 2.45) is 0 Å². The zero-order chi connectivity index (χ0) is 21.5. The minimum atomic E-state index is -3.48. The van der Waals surface area contributed by atoms with E-state index in [4.69, 9.17) is 16.6 Å². The highest BCUT2D eigenvalue weighted by molar-refractivity contribution is 7.88. The van der Waals surface area contributed by atoms with Gasteiger partial charge in [0.05, 0.1) is 23.0 Å². The fourth-order valence-corrected chi connectivity index (χ4v) is 5.98. The third kappa shape index (κ3) is 4.07. The molecule has 1 aromatic carbocycles. The standard InChI is InChI=1S/C20H21ClN4O3S2/c1-13-15(21)7-8-17-18(13)23-20(29-17)24(12-14-5-3-9-22-11-14)19(26)16-6-4-10-25(16)30(2,27)28/h3,5,7-9,11,16H,4,6,10,12H2,1-2H3. The van der Waals surface area contributed by atoms with Gasteiger partial charge < -0.3 is 0 Å². The normalized spacial score (nSPS) is 17.5. The number of pyridine rings is 1. The van der Waals surface area contributed by atoms with Gasteiger partial charge in [-0.05, 0) is 49.1 Å². The van der Waals surface area contributed by atoms with Crippen LogP contribution >= 0.6 is 22.9 Å². The molecule has 158 valence electrons. The highest BCUT2D eigenvalue weighted by Gasteiger charge is 2.39. The van der Waals surface area contributed by atoms with Gasteiger partial charge in [0.2, 0.25) is 15.9 Å². The molecule has 3 heterocycles. The van der Waals surface area contributed by atoms with E-state index in [1.165, 1.54) is 15.6 Å². The van der Waals surface area contributed by atoms with E-state index < -0.39 is 16.1 Å². The number of hydrogen-bond donors (Lipinski definition) is 0. The smallest absolute Gasteiger partial charge is 0.247 e. The van der Waals surface area contributed by atoms with Gasteiger partial charge in [-0.3, -0.25) is 14.7 Å². The Hall–Kier alpha value is -2.07. The van der Waals surface area contributed by atoms with Crippen molar-refractivity contribution < 1.29 is 13.2 Å². The summed E-state index contributed by atoms with van der Waals surface area (Å²) in [7, 11) is -3.48. The maximum Gasteiger partial charge on any atom is 0.247 e. The number of anilines is 1. The highest BCUT2D eigenvalue weighted by Crippen LogP contribution is 2.35. The number of carbonyl (C=O) groups excluding carboxylic acids is 1. The van der Waals surface area contributed by atoms with E-state index in [0.717, 1.165) is 27.6 Å². The predicted octanol–water partition coefficient (Wildman–Crippen LogP) is 3.61. The monoisotopic (exact) mass is 464 g/mol. The van der Waals surface area contributed by atoms with Gasteiger partial charge in [0.15, 0.2) is 5.13 Å². The fraction of sp³-hybridized carbons (Fsp3) is 0.350. The van der Waals surface area contributed by atoms with E-state index in [9.17, 15) is 13.2 Å². The molecule has 0 saturated carbocycles. The van der Waals surface area contributed by atoms with E-state index in [0.29, 0.717) is 29.5 Å². The Labute approximate surface area is 184 Å². The van der Waals surface area contributed by atoms with Crippen molar-refractivity contribution in [2.75, 3.05) is 17.7 Å². The van der Waals surface area contributed by atoms with Crippen LogP contribution in [0.5, 0.6) is 0 Å². The first-order chi connectivity index (χ1) is 14.3. The highest BCUT2D eigenvalue weighted by atomic mass is 35.5. The molecule has 0 spiro atoms. The van der Waals surface area contributed by atoms with Crippen LogP contribution in [0.2, 0.25) is 5.02 Å². The number of rotatable bonds is 5. The van der Waals surface area contributed by atoms with Crippen molar-refractivity contribution >= 4 is 54.2 Å². The summed E-state index contributed by atoms with van der Waals surface area (Å²) in [5.41, 5.74) is 2.44. The van der Waals surface area contributed by atoms with Crippen LogP contribution in [0.25, 0.3) is 10.2 Å². The van der Waals surface area contributed by atoms with Gasteiger partial charge in [0, 0.05) is 24.0 Å². The molecule has 1 atom stereocenters. The summed E-state index contributed by atoms with van der Waals surface area (Å²) in [5.74, 6) is -0.274. The number of sulfonamides is 1. The lowest BCUT2D eigenvalue weighted by Crippen LogP contribution is -2.47. The average Bonchev–Trinajstić information content (AvgIpc) is 3.37. The molecular weight excluding hydrogens is 444 g/mol. The molecule has 1 fully saturated rings. The first-order valence-corrected chi connectivity index (χ1v) is 12.5. The third-order valence-corrected chi connectivity index (χ3v) is 7.95. The lowest BCUT2D eigenvalue weighted by Gasteiger charge is -2.27. The molecule has 30 heavy (non-hydrogen) atoms. The van der Waals surface area contributed by atoms with Crippen LogP contribution in [0.1, 0.15) is 24.0 Å². The van der Waals surface area contributed by atoms with Gasteiger partial charge in [-0.15, -0.1) is 0 Å². The number of aryl methyl sites for hydroxylation is 1. The molecule has 7 nitrogen and oxygen atoms in total. The van der Waals surface area contributed by atoms with E-state index in [1.807, 2.05) is 25.1 Å². The summed E-state index contributed by atoms with van der Waals surface area (Å²) in [6.07, 6.45) is 5.65. The lowest BCUT2D eigenvalue weighted by atomic mass is 10.2. The maximum absolute atomic E-state index is 13.6. The quantitative estimate of drug-likeness (QED) is 0.576. The Morgan fingerprint density at radius 2 is 2.17 bits per heavy atom. The number of nitrogens with zero attached hydrogens (tertiary/aromatic N) is 4. The van der Waals surface area contributed by atoms with Gasteiger partial charge in [-0.2, -0.15) is 4.31 Å². The van der Waals surface area contributed by atoms with E-state index >= 15 is 0 Å². The van der Waals surface area contributed by atoms with E-state index in [1.54, 1.807) is 23.4 Å². The second-order valence-electron chi connectivity index (χ2n) is 7.33. The molecule has 1 saturated heterocycles. The second kappa shape index (κ2) is 8.22. The molecule has 0 aliphatic carbocycles. The number of halogens is 1. The molecular formula is C20H21ClN4O3S2. The Morgan fingerprint density at radius 3 is 2.87 bits per heavy atom. The van der Waals surface area contributed by atoms with Crippen molar-refractivity contribution in [3.8, 4) is 0 Å². The van der Waals surface area contributed by atoms with Crippen molar-refractivity contribution in [1.29, 1.82) is 0 Å². The predicted molar refractivity (Wildman–Crippen MR) is 119 cm³/mol. The Bertz CT molecular complexity index is 1200. The summed E-state index contributed by atoms with van der Waals surface area (Å²) < 4.78 is 26.6. The molecule has 0 N–H and O–H groups in total. The number of aromatic nitrogens is 2. The molecule has 3 aromatic rings. The summed E-state index contributed by atoms with van der Waals surface area (Å²) >= 11 is 7.63. The number of carbonyl (C=O) groups is 1. The minimum Gasteiger partial charge on any atom is -0.282 e. The summed E-state index contributed by atoms with van der Waals surface area (Å²) in [6.45, 7) is 2.50. The van der Waals surface area contributed by atoms with Gasteiger partial charge in [0.1, 0.15) is 6.04 Å². The molecule has 1 unspecified atom stereocenters.